The van der Waals surface area contributed by atoms with Gasteiger partial charge in [0.2, 0.25) is 41.4 Å². The predicted molar refractivity (Wildman–Crippen MR) is 269 cm³/mol. The zero-order valence-electron chi connectivity index (χ0n) is 42.2. The highest BCUT2D eigenvalue weighted by Crippen LogP contribution is 2.22. The Kier molecular flexibility index (Phi) is 17.3. The van der Waals surface area contributed by atoms with E-state index >= 15 is 0 Å². The third-order valence-corrected chi connectivity index (χ3v) is 12.5. The van der Waals surface area contributed by atoms with Gasteiger partial charge in [-0.3, -0.25) is 43.2 Å². The van der Waals surface area contributed by atoms with Crippen molar-refractivity contribution < 1.29 is 43.2 Å². The molecule has 1 aliphatic rings. The van der Waals surface area contributed by atoms with E-state index < -0.39 is 93.3 Å². The first kappa shape index (κ1) is 54.5. The largest absolute Gasteiger partial charge is 0.343 e. The number of hydrogen-bond acceptors (Lipinski definition) is 9. The van der Waals surface area contributed by atoms with Gasteiger partial charge in [-0.15, -0.1) is 0 Å². The molecule has 4 atom stereocenters. The summed E-state index contributed by atoms with van der Waals surface area (Å²) in [5.74, 6) is -6.97. The van der Waals surface area contributed by atoms with E-state index in [1.807, 2.05) is 54.6 Å². The molecule has 7 N–H and O–H groups in total. The van der Waals surface area contributed by atoms with Crippen molar-refractivity contribution in [1.29, 1.82) is 0 Å². The number of Topliss-reactive ketones (excluding diaryl/α,β-unsaturated/α-hetero) is 1. The van der Waals surface area contributed by atoms with Gasteiger partial charge in [0.05, 0.1) is 5.54 Å². The summed E-state index contributed by atoms with van der Waals surface area (Å²) in [5.41, 5.74) is -2.23. The third kappa shape index (κ3) is 14.8. The molecule has 4 aromatic carbocycles. The summed E-state index contributed by atoms with van der Waals surface area (Å²) in [5, 5.41) is 18.7. The van der Waals surface area contributed by atoms with Crippen LogP contribution in [0.1, 0.15) is 114 Å². The number of ketones is 2. The average Bonchev–Trinajstić information content (AvgIpc) is 3.31. The van der Waals surface area contributed by atoms with E-state index in [2.05, 4.69) is 37.2 Å². The fourth-order valence-corrected chi connectivity index (χ4v) is 7.74. The van der Waals surface area contributed by atoms with Crippen molar-refractivity contribution in [3.05, 3.63) is 143 Å². The van der Waals surface area contributed by atoms with Crippen molar-refractivity contribution in [3.63, 3.8) is 0 Å². The van der Waals surface area contributed by atoms with Crippen LogP contribution in [0.2, 0.25) is 0 Å². The van der Waals surface area contributed by atoms with Crippen LogP contribution in [0.4, 0.5) is 0 Å². The van der Waals surface area contributed by atoms with Gasteiger partial charge in [-0.25, -0.2) is 0 Å². The molecule has 0 spiro atoms. The van der Waals surface area contributed by atoms with Crippen LogP contribution in [0, 0.1) is 5.92 Å². The number of rotatable bonds is 8. The Labute approximate surface area is 415 Å². The Morgan fingerprint density at radius 2 is 0.817 bits per heavy atom. The lowest BCUT2D eigenvalue weighted by molar-refractivity contribution is -0.140. The number of amides is 7. The fourth-order valence-electron chi connectivity index (χ4n) is 7.74. The molecule has 1 heterocycles. The second-order valence-corrected chi connectivity index (χ2v) is 20.5. The van der Waals surface area contributed by atoms with Crippen LogP contribution >= 0.6 is 0 Å². The normalized spacial score (nSPS) is 22.5. The molecular weight excluding hydrogens is 903 g/mol. The van der Waals surface area contributed by atoms with Gasteiger partial charge in [0, 0.05) is 29.9 Å². The highest BCUT2D eigenvalue weighted by atomic mass is 16.2. The zero-order valence-corrected chi connectivity index (χ0v) is 42.2. The summed E-state index contributed by atoms with van der Waals surface area (Å²) >= 11 is 0. The van der Waals surface area contributed by atoms with Crippen molar-refractivity contribution in [2.24, 2.45) is 5.92 Å². The zero-order chi connectivity index (χ0) is 52.5. The Morgan fingerprint density at radius 3 is 1.32 bits per heavy atom. The summed E-state index contributed by atoms with van der Waals surface area (Å²) in [6.07, 6.45) is 0.249. The fraction of sp³-hybridized carbons (Fsp3) is 0.400. The molecule has 16 heteroatoms. The van der Waals surface area contributed by atoms with Gasteiger partial charge in [0.15, 0.2) is 11.6 Å². The highest BCUT2D eigenvalue weighted by Gasteiger charge is 2.41. The lowest BCUT2D eigenvalue weighted by Gasteiger charge is -2.33. The molecule has 7 amide bonds. The summed E-state index contributed by atoms with van der Waals surface area (Å²) in [7, 11) is 0. The number of benzene rings is 4. The lowest BCUT2D eigenvalue weighted by Crippen LogP contribution is -2.65. The van der Waals surface area contributed by atoms with Crippen LogP contribution in [0.15, 0.2) is 109 Å². The maximum absolute atomic E-state index is 14.5. The molecule has 376 valence electrons. The molecule has 0 aliphatic carbocycles. The molecule has 16 nitrogen and oxygen atoms in total. The van der Waals surface area contributed by atoms with Crippen molar-refractivity contribution in [2.45, 2.75) is 135 Å². The minimum Gasteiger partial charge on any atom is -0.343 e. The first-order valence-corrected chi connectivity index (χ1v) is 23.7. The van der Waals surface area contributed by atoms with Gasteiger partial charge in [0.25, 0.3) is 0 Å². The SMILES string of the molecule is CC1NC(=O)C(C)(C)NC(=O)C(Cc2ccc(Cc3ccccc3)cc2)CC(=O)C(C)(C)NC(=O)C(Cc2ccc(C(=O)c3ccccc3)cc2)NC(=O)C(C)(C)NC(=O)C(C)NC(=O)C(C)(C)NC1=O. The van der Waals surface area contributed by atoms with E-state index in [0.29, 0.717) is 23.1 Å². The van der Waals surface area contributed by atoms with Crippen molar-refractivity contribution >= 4 is 52.9 Å². The molecule has 0 bridgehead atoms. The van der Waals surface area contributed by atoms with E-state index in [9.17, 15) is 43.2 Å². The van der Waals surface area contributed by atoms with Crippen LogP contribution in [0.25, 0.3) is 0 Å². The minimum atomic E-state index is -1.68. The van der Waals surface area contributed by atoms with E-state index in [0.717, 1.165) is 16.7 Å². The Bertz CT molecular complexity index is 2630. The summed E-state index contributed by atoms with van der Waals surface area (Å²) in [6, 6.07) is 29.0. The average molecular weight is 970 g/mol. The summed E-state index contributed by atoms with van der Waals surface area (Å²) in [6.45, 7) is 14.3. The van der Waals surface area contributed by atoms with Gasteiger partial charge >= 0.3 is 0 Å². The van der Waals surface area contributed by atoms with Crippen LogP contribution in [-0.4, -0.2) is 93.2 Å². The molecule has 1 fully saturated rings. The second kappa shape index (κ2) is 22.5. The first-order valence-electron chi connectivity index (χ1n) is 23.7. The van der Waals surface area contributed by atoms with Gasteiger partial charge in [-0.1, -0.05) is 109 Å². The molecular formula is C55H67N7O9. The topological polar surface area (TPSA) is 238 Å². The van der Waals surface area contributed by atoms with Crippen LogP contribution in [0.5, 0.6) is 0 Å². The molecule has 4 aromatic rings. The maximum atomic E-state index is 14.5. The minimum absolute atomic E-state index is 0.0712. The number of carbonyl (C=O) groups excluding carboxylic acids is 9. The van der Waals surface area contributed by atoms with Crippen molar-refractivity contribution in [2.75, 3.05) is 0 Å². The van der Waals surface area contributed by atoms with Gasteiger partial charge in [0.1, 0.15) is 34.7 Å². The molecule has 0 radical (unpaired) electrons. The van der Waals surface area contributed by atoms with E-state index in [4.69, 9.17) is 0 Å². The Hall–Kier alpha value is -7.49. The number of nitrogens with one attached hydrogen (secondary N) is 7. The van der Waals surface area contributed by atoms with Crippen LogP contribution in [0.3, 0.4) is 0 Å². The maximum Gasteiger partial charge on any atom is 0.245 e. The first-order chi connectivity index (χ1) is 33.2. The van der Waals surface area contributed by atoms with Crippen molar-refractivity contribution in [3.8, 4) is 0 Å². The van der Waals surface area contributed by atoms with Gasteiger partial charge in [-0.05, 0) is 104 Å². The molecule has 71 heavy (non-hydrogen) atoms. The molecule has 1 saturated heterocycles. The monoisotopic (exact) mass is 970 g/mol. The molecule has 1 aliphatic heterocycles. The van der Waals surface area contributed by atoms with E-state index in [1.54, 1.807) is 54.6 Å². The molecule has 0 aromatic heterocycles. The molecule has 0 saturated carbocycles. The van der Waals surface area contributed by atoms with Crippen LogP contribution < -0.4 is 37.2 Å². The van der Waals surface area contributed by atoms with Crippen molar-refractivity contribution in [1.82, 2.24) is 37.2 Å². The summed E-state index contributed by atoms with van der Waals surface area (Å²) in [4.78, 5) is 125. The predicted octanol–water partition coefficient (Wildman–Crippen LogP) is 3.96. The highest BCUT2D eigenvalue weighted by molar-refractivity contribution is 6.09. The van der Waals surface area contributed by atoms with Crippen LogP contribution in [-0.2, 0) is 57.6 Å². The second-order valence-electron chi connectivity index (χ2n) is 20.5. The van der Waals surface area contributed by atoms with E-state index in [-0.39, 0.29) is 25.0 Å². The Balaban J connectivity index is 1.49. The Morgan fingerprint density at radius 1 is 0.437 bits per heavy atom. The number of carbonyl (C=O) groups is 9. The van der Waals surface area contributed by atoms with Gasteiger partial charge in [-0.2, -0.15) is 0 Å². The standard InChI is InChI=1S/C55H67N7O9/c1-33-45(65)59-53(5,6)49(69)56-34(2)46(66)60-55(9,10)51(71)58-42(31-38-25-27-40(28-26-38)44(64)39-19-15-12-16-20-39)48(68)62-52(3,4)43(63)32-41(47(67)61-54(7,8)50(70)57-33)30-37-23-21-36(22-24-37)29-35-17-13-11-14-18-35/h11-28,33-34,41-42H,29-32H2,1-10H3,(H,56,69)(H,57,70)(H,58,71)(H,59,65)(H,60,66)(H,61,67)(H,62,68). The smallest absolute Gasteiger partial charge is 0.245 e. The van der Waals surface area contributed by atoms with E-state index in [1.165, 1.54) is 69.2 Å². The van der Waals surface area contributed by atoms with Gasteiger partial charge < -0.3 is 37.2 Å². The lowest BCUT2D eigenvalue weighted by atomic mass is 9.85. The molecule has 5 rings (SSSR count). The number of hydrogen-bond donors (Lipinski definition) is 7. The third-order valence-electron chi connectivity index (χ3n) is 12.5. The molecule has 4 unspecified atom stereocenters. The quantitative estimate of drug-likeness (QED) is 0.126. The summed E-state index contributed by atoms with van der Waals surface area (Å²) < 4.78 is 0.